The van der Waals surface area contributed by atoms with Gasteiger partial charge in [0.25, 0.3) is 0 Å². The summed E-state index contributed by atoms with van der Waals surface area (Å²) in [5, 5.41) is 1.41. The number of rotatable bonds is 6. The topological polar surface area (TPSA) is 0 Å². The molecule has 17 heavy (non-hydrogen) atoms. The van der Waals surface area contributed by atoms with Gasteiger partial charge in [-0.2, -0.15) is 0 Å². The molecule has 1 aromatic rings. The van der Waals surface area contributed by atoms with E-state index in [1.165, 1.54) is 43.8 Å². The summed E-state index contributed by atoms with van der Waals surface area (Å²) < 4.78 is 0. The van der Waals surface area contributed by atoms with Gasteiger partial charge >= 0.3 is 0 Å². The summed E-state index contributed by atoms with van der Waals surface area (Å²) in [5.74, 6) is 0. The molecule has 0 aliphatic carbocycles. The normalized spacial score (nSPS) is 10.1. The van der Waals surface area contributed by atoms with Crippen LogP contribution >= 0.6 is 26.2 Å². The van der Waals surface area contributed by atoms with E-state index in [2.05, 4.69) is 42.1 Å². The molecule has 1 aromatic carbocycles. The zero-order valence-electron chi connectivity index (χ0n) is 11.4. The summed E-state index contributed by atoms with van der Waals surface area (Å²) in [4.78, 5) is 0. The second kappa shape index (κ2) is 9.11. The monoisotopic (exact) mass is 316 g/mol. The van der Waals surface area contributed by atoms with Gasteiger partial charge < -0.3 is 0 Å². The van der Waals surface area contributed by atoms with Crippen molar-refractivity contribution in [2.24, 2.45) is 0 Å². The van der Waals surface area contributed by atoms with E-state index >= 15 is 0 Å². The van der Waals surface area contributed by atoms with Gasteiger partial charge in [-0.3, -0.25) is 0 Å². The Labute approximate surface area is 120 Å². The molecule has 1 unspecified atom stereocenters. The highest BCUT2D eigenvalue weighted by Crippen LogP contribution is 2.20. The second-order valence-electron chi connectivity index (χ2n) is 4.52. The van der Waals surface area contributed by atoms with Crippen LogP contribution in [-0.2, 0) is 19.3 Å². The Morgan fingerprint density at radius 2 is 1.35 bits per heavy atom. The number of halogens is 1. The van der Waals surface area contributed by atoms with Crippen molar-refractivity contribution in [2.75, 3.05) is 0 Å². The van der Waals surface area contributed by atoms with Crippen molar-refractivity contribution >= 4 is 31.5 Å². The van der Waals surface area contributed by atoms with Crippen LogP contribution in [0.5, 0.6) is 0 Å². The summed E-state index contributed by atoms with van der Waals surface area (Å²) in [5.41, 5.74) is 4.82. The number of aryl methyl sites for hydroxylation is 1. The van der Waals surface area contributed by atoms with E-state index in [4.69, 9.17) is 0 Å². The molecule has 0 bridgehead atoms. The van der Waals surface area contributed by atoms with E-state index < -0.39 is 0 Å². The molecule has 0 amide bonds. The zero-order chi connectivity index (χ0) is 12.0. The fourth-order valence-corrected chi connectivity index (χ4v) is 2.78. The molecule has 0 nitrogen and oxygen atoms in total. The van der Waals surface area contributed by atoms with Crippen LogP contribution < -0.4 is 5.30 Å². The maximum atomic E-state index is 2.90. The number of benzene rings is 1. The van der Waals surface area contributed by atoms with Crippen molar-refractivity contribution in [1.82, 2.24) is 0 Å². The Kier molecular flexibility index (Phi) is 9.18. The number of hydrogen-bond donors (Lipinski definition) is 0. The van der Waals surface area contributed by atoms with Gasteiger partial charge in [0.2, 0.25) is 0 Å². The molecule has 0 saturated carbocycles. The maximum absolute atomic E-state index is 2.90. The Morgan fingerprint density at radius 3 is 1.88 bits per heavy atom. The lowest BCUT2D eigenvalue weighted by atomic mass is 9.92. The predicted octanol–water partition coefficient (Wildman–Crippen LogP) is 4.62. The highest BCUT2D eigenvalue weighted by molar-refractivity contribution is 8.93. The molecule has 2 heteroatoms. The van der Waals surface area contributed by atoms with Crippen LogP contribution in [0.3, 0.4) is 0 Å². The highest BCUT2D eigenvalue weighted by Gasteiger charge is 2.09. The van der Waals surface area contributed by atoms with E-state index in [0.717, 1.165) is 0 Å². The standard InChI is InChI=1S/C15H25P.BrH/c1-4-7-12-10-11-15(16)14(9-6-3)13(12)8-5-2;/h10-11H,4-9,16H2,1-3H3;1H. The van der Waals surface area contributed by atoms with E-state index in [9.17, 15) is 0 Å². The van der Waals surface area contributed by atoms with Crippen LogP contribution in [0.1, 0.15) is 56.7 Å². The minimum absolute atomic E-state index is 0. The first-order valence-corrected chi connectivity index (χ1v) is 7.21. The lowest BCUT2D eigenvalue weighted by Crippen LogP contribution is -2.10. The Hall–Kier alpha value is 0.130. The van der Waals surface area contributed by atoms with E-state index in [0.29, 0.717) is 0 Å². The molecule has 0 aliphatic rings. The van der Waals surface area contributed by atoms with Gasteiger partial charge in [0, 0.05) is 0 Å². The second-order valence-corrected chi connectivity index (χ2v) is 5.14. The van der Waals surface area contributed by atoms with Crippen LogP contribution in [0.25, 0.3) is 0 Å². The minimum atomic E-state index is 0. The summed E-state index contributed by atoms with van der Waals surface area (Å²) in [6, 6.07) is 4.61. The largest absolute Gasteiger partial charge is 0.114 e. The Morgan fingerprint density at radius 1 is 0.824 bits per heavy atom. The zero-order valence-corrected chi connectivity index (χ0v) is 14.3. The fraction of sp³-hybridized carbons (Fsp3) is 0.600. The van der Waals surface area contributed by atoms with Crippen LogP contribution in [0.4, 0.5) is 0 Å². The molecule has 0 aromatic heterocycles. The van der Waals surface area contributed by atoms with Crippen LogP contribution in [0.15, 0.2) is 12.1 Å². The third-order valence-electron chi connectivity index (χ3n) is 3.08. The third-order valence-corrected chi connectivity index (χ3v) is 3.62. The quantitative estimate of drug-likeness (QED) is 0.672. The fourth-order valence-electron chi connectivity index (χ4n) is 2.37. The van der Waals surface area contributed by atoms with E-state index in [1.807, 2.05) is 0 Å². The molecular weight excluding hydrogens is 291 g/mol. The van der Waals surface area contributed by atoms with Crippen molar-refractivity contribution in [3.8, 4) is 0 Å². The van der Waals surface area contributed by atoms with Crippen LogP contribution in [0, 0.1) is 0 Å². The van der Waals surface area contributed by atoms with Gasteiger partial charge in [-0.1, -0.05) is 52.2 Å². The van der Waals surface area contributed by atoms with Crippen molar-refractivity contribution in [2.45, 2.75) is 59.3 Å². The minimum Gasteiger partial charge on any atom is -0.114 e. The molecule has 0 radical (unpaired) electrons. The van der Waals surface area contributed by atoms with Gasteiger partial charge in [-0.05, 0) is 41.3 Å². The molecular formula is C15H26BrP. The third kappa shape index (κ3) is 4.72. The first-order chi connectivity index (χ1) is 7.74. The Balaban J connectivity index is 0.00000256. The van der Waals surface area contributed by atoms with Crippen molar-refractivity contribution < 1.29 is 0 Å². The van der Waals surface area contributed by atoms with Crippen LogP contribution in [-0.4, -0.2) is 0 Å². The molecule has 1 atom stereocenters. The molecule has 0 saturated heterocycles. The lowest BCUT2D eigenvalue weighted by Gasteiger charge is -2.16. The molecule has 0 fully saturated rings. The SMILES string of the molecule is Br.CCCc1ccc(P)c(CCC)c1CCC. The van der Waals surface area contributed by atoms with Gasteiger partial charge in [-0.25, -0.2) is 0 Å². The van der Waals surface area contributed by atoms with Crippen molar-refractivity contribution in [3.05, 3.63) is 28.8 Å². The molecule has 0 N–H and O–H groups in total. The van der Waals surface area contributed by atoms with Crippen molar-refractivity contribution in [3.63, 3.8) is 0 Å². The smallest absolute Gasteiger partial charge is 0.0268 e. The first kappa shape index (κ1) is 17.1. The molecule has 98 valence electrons. The average molecular weight is 317 g/mol. The van der Waals surface area contributed by atoms with Gasteiger partial charge in [0.05, 0.1) is 0 Å². The van der Waals surface area contributed by atoms with Gasteiger partial charge in [-0.15, -0.1) is 26.2 Å². The predicted molar refractivity (Wildman–Crippen MR) is 88.1 cm³/mol. The average Bonchev–Trinajstić information content (AvgIpc) is 2.27. The first-order valence-electron chi connectivity index (χ1n) is 6.63. The maximum Gasteiger partial charge on any atom is -0.0268 e. The van der Waals surface area contributed by atoms with Gasteiger partial charge in [0.1, 0.15) is 0 Å². The molecule has 0 spiro atoms. The van der Waals surface area contributed by atoms with Crippen LogP contribution in [0.2, 0.25) is 0 Å². The summed E-state index contributed by atoms with van der Waals surface area (Å²) in [6.45, 7) is 6.82. The summed E-state index contributed by atoms with van der Waals surface area (Å²) >= 11 is 0. The lowest BCUT2D eigenvalue weighted by molar-refractivity contribution is 0.829. The molecule has 0 aliphatic heterocycles. The van der Waals surface area contributed by atoms with E-state index in [1.54, 1.807) is 16.7 Å². The molecule has 0 heterocycles. The van der Waals surface area contributed by atoms with Gasteiger partial charge in [0.15, 0.2) is 0 Å². The van der Waals surface area contributed by atoms with Crippen molar-refractivity contribution in [1.29, 1.82) is 0 Å². The number of hydrogen-bond acceptors (Lipinski definition) is 0. The summed E-state index contributed by atoms with van der Waals surface area (Å²) in [7, 11) is 2.90. The highest BCUT2D eigenvalue weighted by atomic mass is 79.9. The van der Waals surface area contributed by atoms with E-state index in [-0.39, 0.29) is 17.0 Å². The molecule has 1 rings (SSSR count). The summed E-state index contributed by atoms with van der Waals surface area (Å²) in [6.07, 6.45) is 7.45. The Bertz CT molecular complexity index is 334.